The Morgan fingerprint density at radius 1 is 1.00 bits per heavy atom. The van der Waals surface area contributed by atoms with E-state index in [-0.39, 0.29) is 11.9 Å². The number of anilines is 2. The normalized spacial score (nSPS) is 14.8. The van der Waals surface area contributed by atoms with Crippen LogP contribution in [0.3, 0.4) is 0 Å². The van der Waals surface area contributed by atoms with Gasteiger partial charge in [-0.05, 0) is 61.2 Å². The number of hydrogen-bond acceptors (Lipinski definition) is 2. The molecule has 2 aromatic rings. The zero-order chi connectivity index (χ0) is 18.5. The molecule has 0 bridgehead atoms. The van der Waals surface area contributed by atoms with E-state index in [0.29, 0.717) is 27.9 Å². The van der Waals surface area contributed by atoms with Crippen LogP contribution in [0.4, 0.5) is 16.2 Å². The Morgan fingerprint density at radius 2 is 1.65 bits per heavy atom. The van der Waals surface area contributed by atoms with Gasteiger partial charge >= 0.3 is 6.03 Å². The van der Waals surface area contributed by atoms with Gasteiger partial charge in [0.05, 0.1) is 0 Å². The first-order chi connectivity index (χ1) is 12.5. The minimum absolute atomic E-state index is 0.0126. The molecule has 6 heteroatoms. The summed E-state index contributed by atoms with van der Waals surface area (Å²) < 4.78 is 0. The van der Waals surface area contributed by atoms with Crippen LogP contribution in [-0.4, -0.2) is 29.9 Å². The molecule has 1 heterocycles. The lowest BCUT2D eigenvalue weighted by Gasteiger charge is -2.30. The van der Waals surface area contributed by atoms with Gasteiger partial charge in [-0.3, -0.25) is 4.79 Å². The van der Waals surface area contributed by atoms with Crippen LogP contribution in [0.15, 0.2) is 48.5 Å². The van der Waals surface area contributed by atoms with Gasteiger partial charge in [-0.1, -0.05) is 24.6 Å². The molecule has 0 saturated carbocycles. The fraction of sp³-hybridized carbons (Fsp3) is 0.300. The average Bonchev–Trinajstić information content (AvgIpc) is 2.64. The number of likely N-dealkylation sites (tertiary alicyclic amines) is 1. The molecule has 1 aliphatic rings. The third kappa shape index (κ3) is 4.76. The maximum absolute atomic E-state index is 12.7. The molecule has 2 N–H and O–H groups in total. The van der Waals surface area contributed by atoms with Gasteiger partial charge in [0, 0.05) is 35.1 Å². The summed E-state index contributed by atoms with van der Waals surface area (Å²) in [7, 11) is 0. The van der Waals surface area contributed by atoms with Crippen LogP contribution in [-0.2, 0) is 0 Å². The topological polar surface area (TPSA) is 61.4 Å². The molecule has 2 aromatic carbocycles. The Morgan fingerprint density at radius 3 is 2.35 bits per heavy atom. The number of carbonyl (C=O) groups excluding carboxylic acids is 2. The Hall–Kier alpha value is -2.53. The van der Waals surface area contributed by atoms with Crippen molar-refractivity contribution in [1.29, 1.82) is 0 Å². The first-order valence-electron chi connectivity index (χ1n) is 8.74. The molecular formula is C20H22ClN3O2. The summed E-state index contributed by atoms with van der Waals surface area (Å²) in [5, 5.41) is 6.09. The van der Waals surface area contributed by atoms with Crippen molar-refractivity contribution in [2.24, 2.45) is 5.92 Å². The quantitative estimate of drug-likeness (QED) is 0.809. The third-order valence-electron chi connectivity index (χ3n) is 4.54. The molecule has 3 rings (SSSR count). The molecular weight excluding hydrogens is 350 g/mol. The van der Waals surface area contributed by atoms with Crippen molar-refractivity contribution in [2.75, 3.05) is 23.7 Å². The molecule has 0 spiro atoms. The first kappa shape index (κ1) is 18.3. The lowest BCUT2D eigenvalue weighted by molar-refractivity contribution is 0.0697. The molecule has 0 unspecified atom stereocenters. The van der Waals surface area contributed by atoms with E-state index in [9.17, 15) is 9.59 Å². The van der Waals surface area contributed by atoms with Crippen molar-refractivity contribution >= 4 is 34.9 Å². The predicted molar refractivity (Wildman–Crippen MR) is 105 cm³/mol. The number of nitrogens with zero attached hydrogens (tertiary/aromatic N) is 1. The van der Waals surface area contributed by atoms with Gasteiger partial charge in [0.2, 0.25) is 0 Å². The lowest BCUT2D eigenvalue weighted by atomic mass is 9.98. The van der Waals surface area contributed by atoms with Crippen molar-refractivity contribution in [2.45, 2.75) is 19.8 Å². The van der Waals surface area contributed by atoms with Gasteiger partial charge in [0.15, 0.2) is 0 Å². The Labute approximate surface area is 158 Å². The molecule has 0 aliphatic carbocycles. The molecule has 3 amide bonds. The van der Waals surface area contributed by atoms with E-state index in [1.54, 1.807) is 48.5 Å². The van der Waals surface area contributed by atoms with Crippen LogP contribution in [0, 0.1) is 5.92 Å². The van der Waals surface area contributed by atoms with Crippen LogP contribution in [0.1, 0.15) is 30.1 Å². The van der Waals surface area contributed by atoms with E-state index >= 15 is 0 Å². The summed E-state index contributed by atoms with van der Waals surface area (Å²) in [4.78, 5) is 26.7. The molecule has 136 valence electrons. The number of amides is 3. The third-order valence-corrected chi connectivity index (χ3v) is 4.79. The summed E-state index contributed by atoms with van der Waals surface area (Å²) in [5.74, 6) is 0.683. The standard InChI is InChI=1S/C20H22ClN3O2/c1-14-9-11-24(12-10-14)19(25)15-3-2-4-18(13-15)23-20(26)22-17-7-5-16(21)6-8-17/h2-8,13-14H,9-12H2,1H3,(H2,22,23,26). The zero-order valence-corrected chi connectivity index (χ0v) is 15.4. The second kappa shape index (κ2) is 8.23. The first-order valence-corrected chi connectivity index (χ1v) is 9.12. The molecule has 1 fully saturated rings. The predicted octanol–water partition coefficient (Wildman–Crippen LogP) is 4.86. The molecule has 0 aromatic heterocycles. The zero-order valence-electron chi connectivity index (χ0n) is 14.7. The van der Waals surface area contributed by atoms with Crippen LogP contribution >= 0.6 is 11.6 Å². The van der Waals surface area contributed by atoms with E-state index < -0.39 is 0 Å². The number of nitrogens with one attached hydrogen (secondary N) is 2. The minimum Gasteiger partial charge on any atom is -0.339 e. The van der Waals surface area contributed by atoms with E-state index in [2.05, 4.69) is 17.6 Å². The van der Waals surface area contributed by atoms with Crippen LogP contribution < -0.4 is 10.6 Å². The van der Waals surface area contributed by atoms with E-state index in [0.717, 1.165) is 25.9 Å². The molecule has 0 atom stereocenters. The fourth-order valence-electron chi connectivity index (χ4n) is 2.95. The van der Waals surface area contributed by atoms with Gasteiger partial charge in [0.25, 0.3) is 5.91 Å². The number of urea groups is 1. The Kier molecular flexibility index (Phi) is 5.78. The number of hydrogen-bond donors (Lipinski definition) is 2. The molecule has 1 aliphatic heterocycles. The van der Waals surface area contributed by atoms with Crippen molar-refractivity contribution in [1.82, 2.24) is 4.90 Å². The second-order valence-electron chi connectivity index (χ2n) is 6.64. The van der Waals surface area contributed by atoms with Crippen molar-refractivity contribution in [3.8, 4) is 0 Å². The molecule has 1 saturated heterocycles. The smallest absolute Gasteiger partial charge is 0.323 e. The van der Waals surface area contributed by atoms with Gasteiger partial charge in [-0.25, -0.2) is 4.79 Å². The largest absolute Gasteiger partial charge is 0.339 e. The summed E-state index contributed by atoms with van der Waals surface area (Å²) >= 11 is 5.83. The highest BCUT2D eigenvalue weighted by molar-refractivity contribution is 6.30. The second-order valence-corrected chi connectivity index (χ2v) is 7.08. The fourth-order valence-corrected chi connectivity index (χ4v) is 3.08. The van der Waals surface area contributed by atoms with Gasteiger partial charge in [0.1, 0.15) is 0 Å². The van der Waals surface area contributed by atoms with Gasteiger partial charge < -0.3 is 15.5 Å². The molecule has 5 nitrogen and oxygen atoms in total. The van der Waals surface area contributed by atoms with Gasteiger partial charge in [-0.15, -0.1) is 0 Å². The molecule has 26 heavy (non-hydrogen) atoms. The number of halogens is 1. The van der Waals surface area contributed by atoms with Gasteiger partial charge in [-0.2, -0.15) is 0 Å². The van der Waals surface area contributed by atoms with E-state index in [4.69, 9.17) is 11.6 Å². The van der Waals surface area contributed by atoms with Crippen molar-refractivity contribution in [3.63, 3.8) is 0 Å². The van der Waals surface area contributed by atoms with E-state index in [1.165, 1.54) is 0 Å². The van der Waals surface area contributed by atoms with Crippen LogP contribution in [0.2, 0.25) is 5.02 Å². The summed E-state index contributed by atoms with van der Waals surface area (Å²) in [5.41, 5.74) is 1.80. The highest BCUT2D eigenvalue weighted by Gasteiger charge is 2.21. The summed E-state index contributed by atoms with van der Waals surface area (Å²) in [6.07, 6.45) is 2.07. The average molecular weight is 372 g/mol. The lowest BCUT2D eigenvalue weighted by Crippen LogP contribution is -2.37. The number of carbonyl (C=O) groups is 2. The Balaban J connectivity index is 1.62. The number of piperidine rings is 1. The van der Waals surface area contributed by atoms with Crippen molar-refractivity contribution < 1.29 is 9.59 Å². The summed E-state index contributed by atoms with van der Waals surface area (Å²) in [6.45, 7) is 3.79. The van der Waals surface area contributed by atoms with E-state index in [1.807, 2.05) is 4.90 Å². The number of rotatable bonds is 3. The SMILES string of the molecule is CC1CCN(C(=O)c2cccc(NC(=O)Nc3ccc(Cl)cc3)c2)CC1. The maximum Gasteiger partial charge on any atom is 0.323 e. The Bertz CT molecular complexity index is 784. The number of benzene rings is 2. The highest BCUT2D eigenvalue weighted by Crippen LogP contribution is 2.20. The monoisotopic (exact) mass is 371 g/mol. The van der Waals surface area contributed by atoms with Crippen LogP contribution in [0.5, 0.6) is 0 Å². The summed E-state index contributed by atoms with van der Waals surface area (Å²) in [6, 6.07) is 13.5. The molecule has 0 radical (unpaired) electrons. The minimum atomic E-state index is -0.372. The van der Waals surface area contributed by atoms with Crippen LogP contribution in [0.25, 0.3) is 0 Å². The highest BCUT2D eigenvalue weighted by atomic mass is 35.5. The van der Waals surface area contributed by atoms with Crippen molar-refractivity contribution in [3.05, 3.63) is 59.1 Å². The maximum atomic E-state index is 12.7.